The number of rotatable bonds is 8. The summed E-state index contributed by atoms with van der Waals surface area (Å²) in [5, 5.41) is 6.38. The van der Waals surface area contributed by atoms with Crippen LogP contribution in [0.2, 0.25) is 0 Å². The van der Waals surface area contributed by atoms with Crippen molar-refractivity contribution in [2.45, 2.75) is 26.8 Å². The second kappa shape index (κ2) is 11.1. The number of piperazine rings is 1. The molecule has 0 aliphatic carbocycles. The molecule has 0 saturated carbocycles. The third-order valence-corrected chi connectivity index (χ3v) is 4.58. The quantitative estimate of drug-likeness (QED) is 0.517. The first-order chi connectivity index (χ1) is 13.4. The number of likely N-dealkylation sites (N-methyl/N-ethyl adjacent to an activating group) is 1. The topological polar surface area (TPSA) is 52.1 Å². The van der Waals surface area contributed by atoms with Crippen LogP contribution in [-0.4, -0.2) is 74.5 Å². The number of alkyl halides is 3. The molecule has 0 spiro atoms. The number of hydrogen-bond donors (Lipinski definition) is 2. The smallest absolute Gasteiger partial charge is 0.405 e. The molecule has 0 radical (unpaired) electrons. The van der Waals surface area contributed by atoms with Gasteiger partial charge in [-0.2, -0.15) is 0 Å². The van der Waals surface area contributed by atoms with Gasteiger partial charge in [0.2, 0.25) is 0 Å². The summed E-state index contributed by atoms with van der Waals surface area (Å²) in [6, 6.07) is 6.07. The van der Waals surface area contributed by atoms with Gasteiger partial charge in [0.1, 0.15) is 5.75 Å². The fourth-order valence-electron chi connectivity index (χ4n) is 3.03. The van der Waals surface area contributed by atoms with Crippen LogP contribution in [0.1, 0.15) is 19.4 Å². The molecule has 1 heterocycles. The van der Waals surface area contributed by atoms with Crippen LogP contribution in [0.15, 0.2) is 29.3 Å². The fourth-order valence-corrected chi connectivity index (χ4v) is 3.03. The summed E-state index contributed by atoms with van der Waals surface area (Å²) >= 11 is 0. The molecule has 1 aromatic rings. The Labute approximate surface area is 164 Å². The zero-order valence-electron chi connectivity index (χ0n) is 16.6. The van der Waals surface area contributed by atoms with Gasteiger partial charge in [0, 0.05) is 51.4 Å². The summed E-state index contributed by atoms with van der Waals surface area (Å²) in [5.74, 6) is 0.361. The van der Waals surface area contributed by atoms with Crippen LogP contribution in [0.3, 0.4) is 0 Å². The molecule has 158 valence electrons. The first kappa shape index (κ1) is 22.3. The Kier molecular flexibility index (Phi) is 8.85. The van der Waals surface area contributed by atoms with E-state index in [2.05, 4.69) is 37.1 Å². The van der Waals surface area contributed by atoms with Crippen LogP contribution in [0.25, 0.3) is 0 Å². The molecular formula is C19H30F3N5O. The van der Waals surface area contributed by atoms with Gasteiger partial charge in [-0.15, -0.1) is 13.2 Å². The minimum absolute atomic E-state index is 0.0940. The molecule has 1 aromatic carbocycles. The van der Waals surface area contributed by atoms with E-state index in [4.69, 9.17) is 0 Å². The highest BCUT2D eigenvalue weighted by molar-refractivity contribution is 5.79. The number of ether oxygens (including phenoxy) is 1. The standard InChI is InChI=1S/C19H30F3N5O/c1-3-23-18(24-9-10-27-13-11-26(4-2)12-14-27)25-15-16-7-5-6-8-17(16)28-19(20,21)22/h5-8H,3-4,9-15H2,1-2H3,(H2,23,24,25). The Bertz CT molecular complexity index is 616. The van der Waals surface area contributed by atoms with Crippen molar-refractivity contribution >= 4 is 5.96 Å². The van der Waals surface area contributed by atoms with Crippen LogP contribution in [0.4, 0.5) is 13.2 Å². The van der Waals surface area contributed by atoms with Crippen molar-refractivity contribution < 1.29 is 17.9 Å². The minimum Gasteiger partial charge on any atom is -0.405 e. The van der Waals surface area contributed by atoms with E-state index in [-0.39, 0.29) is 12.3 Å². The molecule has 9 heteroatoms. The van der Waals surface area contributed by atoms with Crippen molar-refractivity contribution in [3.8, 4) is 5.75 Å². The number of hydrogen-bond acceptors (Lipinski definition) is 4. The summed E-state index contributed by atoms with van der Waals surface area (Å²) in [7, 11) is 0. The van der Waals surface area contributed by atoms with Crippen LogP contribution in [-0.2, 0) is 6.54 Å². The third kappa shape index (κ3) is 7.93. The maximum atomic E-state index is 12.5. The van der Waals surface area contributed by atoms with E-state index in [1.807, 2.05) is 6.92 Å². The Morgan fingerprint density at radius 3 is 2.39 bits per heavy atom. The molecule has 0 aromatic heterocycles. The zero-order valence-corrected chi connectivity index (χ0v) is 16.6. The highest BCUT2D eigenvalue weighted by Gasteiger charge is 2.31. The highest BCUT2D eigenvalue weighted by Crippen LogP contribution is 2.26. The van der Waals surface area contributed by atoms with E-state index in [1.165, 1.54) is 12.1 Å². The van der Waals surface area contributed by atoms with E-state index in [1.54, 1.807) is 12.1 Å². The molecule has 0 atom stereocenters. The number of halogens is 3. The summed E-state index contributed by atoms with van der Waals surface area (Å²) < 4.78 is 41.7. The molecule has 0 bridgehead atoms. The average molecular weight is 401 g/mol. The fraction of sp³-hybridized carbons (Fsp3) is 0.632. The maximum absolute atomic E-state index is 12.5. The Balaban J connectivity index is 1.87. The number of nitrogens with zero attached hydrogens (tertiary/aromatic N) is 3. The largest absolute Gasteiger partial charge is 0.573 e. The molecule has 28 heavy (non-hydrogen) atoms. The average Bonchev–Trinajstić information content (AvgIpc) is 2.66. The van der Waals surface area contributed by atoms with Crippen molar-refractivity contribution in [2.24, 2.45) is 4.99 Å². The molecule has 2 N–H and O–H groups in total. The van der Waals surface area contributed by atoms with E-state index >= 15 is 0 Å². The monoisotopic (exact) mass is 401 g/mol. The number of nitrogens with one attached hydrogen (secondary N) is 2. The summed E-state index contributed by atoms with van der Waals surface area (Å²) in [6.07, 6.45) is -4.72. The Morgan fingerprint density at radius 2 is 1.75 bits per heavy atom. The maximum Gasteiger partial charge on any atom is 0.573 e. The number of benzene rings is 1. The van der Waals surface area contributed by atoms with E-state index in [0.717, 1.165) is 45.8 Å². The minimum atomic E-state index is -4.72. The number of para-hydroxylation sites is 1. The highest BCUT2D eigenvalue weighted by atomic mass is 19.4. The second-order valence-electron chi connectivity index (χ2n) is 6.55. The van der Waals surface area contributed by atoms with Crippen LogP contribution in [0, 0.1) is 0 Å². The van der Waals surface area contributed by atoms with Gasteiger partial charge in [0.15, 0.2) is 5.96 Å². The molecule has 2 rings (SSSR count). The van der Waals surface area contributed by atoms with E-state index < -0.39 is 6.36 Å². The zero-order chi connectivity index (χ0) is 20.4. The summed E-state index contributed by atoms with van der Waals surface area (Å²) in [6.45, 7) is 11.9. The first-order valence-electron chi connectivity index (χ1n) is 9.71. The third-order valence-electron chi connectivity index (χ3n) is 4.58. The summed E-state index contributed by atoms with van der Waals surface area (Å²) in [4.78, 5) is 9.23. The summed E-state index contributed by atoms with van der Waals surface area (Å²) in [5.41, 5.74) is 0.382. The van der Waals surface area contributed by atoms with Crippen molar-refractivity contribution in [3.05, 3.63) is 29.8 Å². The van der Waals surface area contributed by atoms with Gasteiger partial charge in [-0.25, -0.2) is 4.99 Å². The normalized spacial score (nSPS) is 16.8. The lowest BCUT2D eigenvalue weighted by Crippen LogP contribution is -2.49. The molecule has 1 fully saturated rings. The lowest BCUT2D eigenvalue weighted by molar-refractivity contribution is -0.274. The second-order valence-corrected chi connectivity index (χ2v) is 6.55. The van der Waals surface area contributed by atoms with Crippen LogP contribution >= 0.6 is 0 Å². The lowest BCUT2D eigenvalue weighted by atomic mass is 10.2. The number of aliphatic imine (C=N–C) groups is 1. The van der Waals surface area contributed by atoms with Gasteiger partial charge in [0.25, 0.3) is 0 Å². The van der Waals surface area contributed by atoms with Gasteiger partial charge >= 0.3 is 6.36 Å². The van der Waals surface area contributed by atoms with E-state index in [9.17, 15) is 13.2 Å². The van der Waals surface area contributed by atoms with Gasteiger partial charge in [0.05, 0.1) is 6.54 Å². The van der Waals surface area contributed by atoms with Gasteiger partial charge in [-0.1, -0.05) is 25.1 Å². The SMILES string of the molecule is CCNC(=NCc1ccccc1OC(F)(F)F)NCCN1CCN(CC)CC1. The predicted molar refractivity (Wildman–Crippen MR) is 104 cm³/mol. The lowest BCUT2D eigenvalue weighted by Gasteiger charge is -2.34. The van der Waals surface area contributed by atoms with Crippen LogP contribution < -0.4 is 15.4 Å². The molecule has 1 saturated heterocycles. The molecular weight excluding hydrogens is 371 g/mol. The predicted octanol–water partition coefficient (Wildman–Crippen LogP) is 2.28. The molecule has 0 amide bonds. The van der Waals surface area contributed by atoms with Crippen molar-refractivity contribution in [1.82, 2.24) is 20.4 Å². The van der Waals surface area contributed by atoms with Gasteiger partial charge in [-0.3, -0.25) is 4.90 Å². The van der Waals surface area contributed by atoms with Gasteiger partial charge in [-0.05, 0) is 19.5 Å². The Morgan fingerprint density at radius 1 is 1.07 bits per heavy atom. The first-order valence-corrected chi connectivity index (χ1v) is 9.71. The van der Waals surface area contributed by atoms with Gasteiger partial charge < -0.3 is 20.3 Å². The van der Waals surface area contributed by atoms with Crippen molar-refractivity contribution in [1.29, 1.82) is 0 Å². The van der Waals surface area contributed by atoms with Crippen molar-refractivity contribution in [2.75, 3.05) is 52.4 Å². The van der Waals surface area contributed by atoms with Crippen molar-refractivity contribution in [3.63, 3.8) is 0 Å². The van der Waals surface area contributed by atoms with Crippen LogP contribution in [0.5, 0.6) is 5.75 Å². The molecule has 0 unspecified atom stereocenters. The Hall–Kier alpha value is -2.00. The molecule has 1 aliphatic rings. The molecule has 6 nitrogen and oxygen atoms in total. The van der Waals surface area contributed by atoms with E-state index in [0.29, 0.717) is 18.1 Å². The number of guanidine groups is 1. The molecule has 1 aliphatic heterocycles.